The van der Waals surface area contributed by atoms with E-state index in [9.17, 15) is 4.79 Å². The van der Waals surface area contributed by atoms with Crippen LogP contribution >= 0.6 is 0 Å². The molecule has 2 aromatic rings. The third-order valence-electron chi connectivity index (χ3n) is 3.98. The summed E-state index contributed by atoms with van der Waals surface area (Å²) >= 11 is 0. The van der Waals surface area contributed by atoms with E-state index in [2.05, 4.69) is 21.4 Å². The molecule has 0 amide bonds. The van der Waals surface area contributed by atoms with E-state index in [-0.39, 0.29) is 11.6 Å². The van der Waals surface area contributed by atoms with Gasteiger partial charge in [0.05, 0.1) is 23.0 Å². The van der Waals surface area contributed by atoms with Gasteiger partial charge in [0.25, 0.3) is 0 Å². The number of rotatable bonds is 4. The quantitative estimate of drug-likeness (QED) is 0.907. The van der Waals surface area contributed by atoms with Gasteiger partial charge in [-0.1, -0.05) is 6.07 Å². The second kappa shape index (κ2) is 6.23. The van der Waals surface area contributed by atoms with Crippen LogP contribution < -0.4 is 5.32 Å². The van der Waals surface area contributed by atoms with Gasteiger partial charge in [0.1, 0.15) is 0 Å². The summed E-state index contributed by atoms with van der Waals surface area (Å²) in [4.78, 5) is 20.0. The van der Waals surface area contributed by atoms with Crippen LogP contribution in [0.4, 0.5) is 0 Å². The fraction of sp³-hybridized carbons (Fsp3) is 0.353. The Balaban J connectivity index is 1.75. The number of carbonyl (C=O) groups is 1. The minimum atomic E-state index is -0.920. The molecule has 1 aliphatic carbocycles. The molecule has 5 nitrogen and oxygen atoms in total. The molecule has 0 radical (unpaired) electrons. The van der Waals surface area contributed by atoms with Crippen molar-refractivity contribution in [3.63, 3.8) is 0 Å². The van der Waals surface area contributed by atoms with Crippen LogP contribution in [0.2, 0.25) is 0 Å². The van der Waals surface area contributed by atoms with Gasteiger partial charge in [-0.15, -0.1) is 0 Å². The molecule has 1 unspecified atom stereocenters. The Morgan fingerprint density at radius 1 is 1.45 bits per heavy atom. The maximum absolute atomic E-state index is 11.1. The van der Waals surface area contributed by atoms with Gasteiger partial charge in [-0.3, -0.25) is 9.97 Å². The van der Waals surface area contributed by atoms with Crippen LogP contribution in [-0.4, -0.2) is 21.0 Å². The topological polar surface area (TPSA) is 75.1 Å². The molecule has 5 heteroatoms. The zero-order chi connectivity index (χ0) is 15.5. The fourth-order valence-corrected chi connectivity index (χ4v) is 2.99. The first kappa shape index (κ1) is 14.7. The number of aryl methyl sites for hydroxylation is 2. The van der Waals surface area contributed by atoms with Crippen molar-refractivity contribution in [1.82, 2.24) is 15.3 Å². The van der Waals surface area contributed by atoms with E-state index < -0.39 is 5.97 Å². The van der Waals surface area contributed by atoms with Crippen LogP contribution in [0, 0.1) is 6.92 Å². The fourth-order valence-electron chi connectivity index (χ4n) is 2.99. The average Bonchev–Trinajstić information content (AvgIpc) is 2.52. The molecule has 114 valence electrons. The Kier molecular flexibility index (Phi) is 4.15. The molecule has 0 aliphatic heterocycles. The van der Waals surface area contributed by atoms with Gasteiger partial charge >= 0.3 is 5.97 Å². The maximum atomic E-state index is 11.1. The predicted octanol–water partition coefficient (Wildman–Crippen LogP) is 2.65. The van der Waals surface area contributed by atoms with Gasteiger partial charge < -0.3 is 10.4 Å². The molecule has 0 fully saturated rings. The molecule has 3 rings (SSSR count). The lowest BCUT2D eigenvalue weighted by molar-refractivity contribution is 0.0696. The molecule has 2 heterocycles. The number of hydrogen-bond acceptors (Lipinski definition) is 4. The standard InChI is InChI=1S/C17H19N3O2/c1-11-8-13(17(21)22)9-14(20-11)10-19-15-6-2-4-12-5-3-7-18-16(12)15/h3,5,7-9,15,19H,2,4,6,10H2,1H3,(H,21,22). The van der Waals surface area contributed by atoms with E-state index in [1.807, 2.05) is 19.2 Å². The highest BCUT2D eigenvalue weighted by molar-refractivity contribution is 5.87. The number of hydrogen-bond donors (Lipinski definition) is 2. The first-order valence-corrected chi connectivity index (χ1v) is 7.51. The molecule has 0 bridgehead atoms. The van der Waals surface area contributed by atoms with E-state index >= 15 is 0 Å². The summed E-state index contributed by atoms with van der Waals surface area (Å²) in [6.07, 6.45) is 5.08. The van der Waals surface area contributed by atoms with Crippen molar-refractivity contribution in [2.75, 3.05) is 0 Å². The van der Waals surface area contributed by atoms with Crippen LogP contribution in [0.5, 0.6) is 0 Å². The minimum Gasteiger partial charge on any atom is -0.478 e. The summed E-state index contributed by atoms with van der Waals surface area (Å²) in [5, 5.41) is 12.6. The van der Waals surface area contributed by atoms with Gasteiger partial charge in [0, 0.05) is 18.4 Å². The first-order valence-electron chi connectivity index (χ1n) is 7.51. The van der Waals surface area contributed by atoms with Gasteiger partial charge in [-0.2, -0.15) is 0 Å². The van der Waals surface area contributed by atoms with Crippen molar-refractivity contribution < 1.29 is 9.90 Å². The van der Waals surface area contributed by atoms with Crippen molar-refractivity contribution in [3.8, 4) is 0 Å². The lowest BCUT2D eigenvalue weighted by Crippen LogP contribution is -2.26. The van der Waals surface area contributed by atoms with Crippen LogP contribution in [0.3, 0.4) is 0 Å². The minimum absolute atomic E-state index is 0.209. The molecule has 0 spiro atoms. The third kappa shape index (κ3) is 3.14. The van der Waals surface area contributed by atoms with Gasteiger partial charge in [0.2, 0.25) is 0 Å². The van der Waals surface area contributed by atoms with Crippen molar-refractivity contribution in [3.05, 3.63) is 58.7 Å². The molecule has 22 heavy (non-hydrogen) atoms. The van der Waals surface area contributed by atoms with Crippen molar-refractivity contribution >= 4 is 5.97 Å². The number of pyridine rings is 2. The number of carboxylic acid groups (broad SMARTS) is 1. The van der Waals surface area contributed by atoms with Crippen molar-refractivity contribution in [2.24, 2.45) is 0 Å². The van der Waals surface area contributed by atoms with E-state index in [0.717, 1.165) is 36.3 Å². The zero-order valence-corrected chi connectivity index (χ0v) is 12.5. The Hall–Kier alpha value is -2.27. The largest absolute Gasteiger partial charge is 0.478 e. The molecule has 2 N–H and O–H groups in total. The molecule has 0 saturated carbocycles. The molecule has 0 saturated heterocycles. The lowest BCUT2D eigenvalue weighted by atomic mass is 9.92. The summed E-state index contributed by atoms with van der Waals surface area (Å²) < 4.78 is 0. The van der Waals surface area contributed by atoms with Crippen LogP contribution in [0.1, 0.15) is 51.9 Å². The van der Waals surface area contributed by atoms with E-state index in [4.69, 9.17) is 5.11 Å². The molecule has 0 aromatic carbocycles. The van der Waals surface area contributed by atoms with Gasteiger partial charge in [-0.25, -0.2) is 4.79 Å². The van der Waals surface area contributed by atoms with Crippen LogP contribution in [0.15, 0.2) is 30.5 Å². The number of aromatic carboxylic acids is 1. The van der Waals surface area contributed by atoms with E-state index in [1.165, 1.54) is 5.56 Å². The highest BCUT2D eigenvalue weighted by Crippen LogP contribution is 2.27. The summed E-state index contributed by atoms with van der Waals surface area (Å²) in [6.45, 7) is 2.36. The lowest BCUT2D eigenvalue weighted by Gasteiger charge is -2.25. The maximum Gasteiger partial charge on any atom is 0.335 e. The first-order chi connectivity index (χ1) is 10.6. The number of nitrogens with one attached hydrogen (secondary N) is 1. The molecule has 2 aromatic heterocycles. The van der Waals surface area contributed by atoms with Gasteiger partial charge in [0.15, 0.2) is 0 Å². The Morgan fingerprint density at radius 2 is 2.32 bits per heavy atom. The molecular formula is C17H19N3O2. The number of fused-ring (bicyclic) bond motifs is 1. The molecular weight excluding hydrogens is 278 g/mol. The van der Waals surface area contributed by atoms with Gasteiger partial charge in [-0.05, 0) is 49.9 Å². The number of nitrogens with zero attached hydrogens (tertiary/aromatic N) is 2. The predicted molar refractivity (Wildman–Crippen MR) is 82.7 cm³/mol. The summed E-state index contributed by atoms with van der Waals surface area (Å²) in [5.74, 6) is -0.920. The van der Waals surface area contributed by atoms with E-state index in [1.54, 1.807) is 12.1 Å². The third-order valence-corrected chi connectivity index (χ3v) is 3.98. The Labute approximate surface area is 129 Å². The normalized spacial score (nSPS) is 17.0. The Bertz CT molecular complexity index is 700. The Morgan fingerprint density at radius 3 is 3.14 bits per heavy atom. The highest BCUT2D eigenvalue weighted by atomic mass is 16.4. The number of aromatic nitrogens is 2. The summed E-state index contributed by atoms with van der Waals surface area (Å²) in [5.41, 5.74) is 4.17. The summed E-state index contributed by atoms with van der Waals surface area (Å²) in [7, 11) is 0. The SMILES string of the molecule is Cc1cc(C(=O)O)cc(CNC2CCCc3cccnc32)n1. The zero-order valence-electron chi connectivity index (χ0n) is 12.5. The summed E-state index contributed by atoms with van der Waals surface area (Å²) in [6, 6.07) is 7.53. The second-order valence-electron chi connectivity index (χ2n) is 5.67. The van der Waals surface area contributed by atoms with Crippen LogP contribution in [0.25, 0.3) is 0 Å². The number of carboxylic acids is 1. The molecule has 1 aliphatic rings. The smallest absolute Gasteiger partial charge is 0.335 e. The second-order valence-corrected chi connectivity index (χ2v) is 5.67. The molecule has 1 atom stereocenters. The van der Waals surface area contributed by atoms with Crippen molar-refractivity contribution in [1.29, 1.82) is 0 Å². The van der Waals surface area contributed by atoms with Crippen LogP contribution in [-0.2, 0) is 13.0 Å². The van der Waals surface area contributed by atoms with E-state index in [0.29, 0.717) is 6.54 Å². The average molecular weight is 297 g/mol. The highest BCUT2D eigenvalue weighted by Gasteiger charge is 2.20. The monoisotopic (exact) mass is 297 g/mol. The van der Waals surface area contributed by atoms with Crippen molar-refractivity contribution in [2.45, 2.75) is 38.8 Å².